The summed E-state index contributed by atoms with van der Waals surface area (Å²) in [5.74, 6) is 0. The average molecular weight is 314 g/mol. The average Bonchev–Trinajstić information content (AvgIpc) is 2.51. The van der Waals surface area contributed by atoms with Crippen LogP contribution < -0.4 is 10.2 Å². The monoisotopic (exact) mass is 314 g/mol. The minimum Gasteiger partial charge on any atom is -0.369 e. The van der Waals surface area contributed by atoms with Gasteiger partial charge in [0.2, 0.25) is 0 Å². The second kappa shape index (κ2) is 7.35. The van der Waals surface area contributed by atoms with Gasteiger partial charge in [0.15, 0.2) is 0 Å². The molecule has 0 atom stereocenters. The van der Waals surface area contributed by atoms with Crippen LogP contribution in [0.3, 0.4) is 0 Å². The fourth-order valence-electron chi connectivity index (χ4n) is 2.32. The quantitative estimate of drug-likeness (QED) is 0.393. The van der Waals surface area contributed by atoms with Gasteiger partial charge in [-0.05, 0) is 29.8 Å². The van der Waals surface area contributed by atoms with Crippen LogP contribution >= 0.6 is 0 Å². The Morgan fingerprint density at radius 1 is 1.14 bits per heavy atom. The maximum absolute atomic E-state index is 12.5. The Labute approximate surface area is 126 Å². The number of piperazine rings is 1. The molecule has 1 aliphatic rings. The van der Waals surface area contributed by atoms with E-state index in [0.29, 0.717) is 6.67 Å². The fourth-order valence-corrected chi connectivity index (χ4v) is 2.32. The van der Waals surface area contributed by atoms with Crippen molar-refractivity contribution in [2.24, 2.45) is 5.11 Å². The van der Waals surface area contributed by atoms with Crippen LogP contribution in [0.5, 0.6) is 0 Å². The highest BCUT2D eigenvalue weighted by Crippen LogP contribution is 2.30. The van der Waals surface area contributed by atoms with Crippen molar-refractivity contribution in [3.05, 3.63) is 40.3 Å². The summed E-state index contributed by atoms with van der Waals surface area (Å²) in [6.45, 7) is 3.95. The number of hydrogen-bond donors (Lipinski definition) is 1. The molecule has 120 valence electrons. The molecule has 1 aromatic rings. The lowest BCUT2D eigenvalue weighted by Crippen LogP contribution is -2.49. The molecular formula is C13H17F3N6. The van der Waals surface area contributed by atoms with Gasteiger partial charge >= 0.3 is 6.18 Å². The molecule has 0 spiro atoms. The van der Waals surface area contributed by atoms with Crippen molar-refractivity contribution in [1.82, 2.24) is 10.2 Å². The molecule has 1 saturated heterocycles. The molecule has 2 rings (SSSR count). The van der Waals surface area contributed by atoms with Crippen LogP contribution in [-0.2, 0) is 6.18 Å². The number of rotatable bonds is 5. The summed E-state index contributed by atoms with van der Waals surface area (Å²) in [5.41, 5.74) is 8.33. The van der Waals surface area contributed by atoms with Crippen molar-refractivity contribution >= 4 is 5.69 Å². The van der Waals surface area contributed by atoms with Gasteiger partial charge < -0.3 is 4.90 Å². The van der Waals surface area contributed by atoms with E-state index in [1.54, 1.807) is 0 Å². The lowest BCUT2D eigenvalue weighted by atomic mass is 10.1. The molecule has 0 saturated carbocycles. The number of azide groups is 1. The Hall–Kier alpha value is -1.96. The molecule has 1 heterocycles. The highest BCUT2D eigenvalue weighted by Gasteiger charge is 2.30. The number of halogens is 3. The third-order valence-electron chi connectivity index (χ3n) is 3.51. The largest absolute Gasteiger partial charge is 0.416 e. The maximum atomic E-state index is 12.5. The van der Waals surface area contributed by atoms with Crippen molar-refractivity contribution in [2.75, 3.05) is 44.4 Å². The summed E-state index contributed by atoms with van der Waals surface area (Å²) in [6.07, 6.45) is -4.30. The van der Waals surface area contributed by atoms with Crippen molar-refractivity contribution in [1.29, 1.82) is 0 Å². The third kappa shape index (κ3) is 4.52. The summed E-state index contributed by atoms with van der Waals surface area (Å²) >= 11 is 0. The summed E-state index contributed by atoms with van der Waals surface area (Å²) < 4.78 is 37.6. The maximum Gasteiger partial charge on any atom is 0.416 e. The van der Waals surface area contributed by atoms with Crippen LogP contribution in [0, 0.1) is 0 Å². The van der Waals surface area contributed by atoms with E-state index in [0.717, 1.165) is 44.0 Å². The van der Waals surface area contributed by atoms with E-state index in [-0.39, 0.29) is 6.67 Å². The van der Waals surface area contributed by atoms with Gasteiger partial charge in [-0.25, -0.2) is 0 Å². The Bertz CT molecular complexity index is 516. The second-order valence-electron chi connectivity index (χ2n) is 4.95. The zero-order valence-electron chi connectivity index (χ0n) is 11.9. The normalized spacial score (nSPS) is 16.4. The molecule has 6 nitrogen and oxygen atoms in total. The van der Waals surface area contributed by atoms with Gasteiger partial charge in [-0.2, -0.15) is 13.2 Å². The van der Waals surface area contributed by atoms with E-state index in [1.165, 1.54) is 12.1 Å². The van der Waals surface area contributed by atoms with E-state index >= 15 is 0 Å². The standard InChI is InChI=1S/C13H17F3N6/c14-13(15,16)11-1-3-12(4-2-11)22-7-5-21(6-8-22)10-18-9-19-20-17/h1-4,18H,5-10H2. The molecule has 1 aromatic carbocycles. The van der Waals surface area contributed by atoms with Gasteiger partial charge in [-0.15, -0.1) is 0 Å². The van der Waals surface area contributed by atoms with Crippen LogP contribution in [0.2, 0.25) is 0 Å². The Kier molecular flexibility index (Phi) is 5.48. The first-order chi connectivity index (χ1) is 10.5. The van der Waals surface area contributed by atoms with Crippen molar-refractivity contribution in [3.8, 4) is 0 Å². The Balaban J connectivity index is 1.82. The Morgan fingerprint density at radius 3 is 2.32 bits per heavy atom. The molecule has 9 heteroatoms. The number of anilines is 1. The van der Waals surface area contributed by atoms with Gasteiger partial charge in [0.25, 0.3) is 0 Å². The van der Waals surface area contributed by atoms with Crippen LogP contribution in [0.1, 0.15) is 5.56 Å². The summed E-state index contributed by atoms with van der Waals surface area (Å²) in [6, 6.07) is 5.25. The minimum absolute atomic E-state index is 0.246. The molecule has 0 aromatic heterocycles. The first-order valence-corrected chi connectivity index (χ1v) is 6.87. The summed E-state index contributed by atoms with van der Waals surface area (Å²) in [7, 11) is 0. The molecule has 1 aliphatic heterocycles. The minimum atomic E-state index is -4.30. The highest BCUT2D eigenvalue weighted by molar-refractivity contribution is 5.48. The van der Waals surface area contributed by atoms with Crippen molar-refractivity contribution in [2.45, 2.75) is 6.18 Å². The molecule has 0 unspecified atom stereocenters. The molecule has 1 fully saturated rings. The molecule has 0 radical (unpaired) electrons. The van der Waals surface area contributed by atoms with Crippen molar-refractivity contribution < 1.29 is 13.2 Å². The van der Waals surface area contributed by atoms with Crippen LogP contribution in [0.15, 0.2) is 29.4 Å². The lowest BCUT2D eigenvalue weighted by Gasteiger charge is -2.36. The zero-order chi connectivity index (χ0) is 16.0. The first-order valence-electron chi connectivity index (χ1n) is 6.87. The number of nitrogens with zero attached hydrogens (tertiary/aromatic N) is 5. The molecular weight excluding hydrogens is 297 g/mol. The SMILES string of the molecule is [N-]=[N+]=NCNCN1CCN(c2ccc(C(F)(F)F)cc2)CC1. The molecule has 22 heavy (non-hydrogen) atoms. The summed E-state index contributed by atoms with van der Waals surface area (Å²) in [5, 5.41) is 6.38. The number of nitrogens with one attached hydrogen (secondary N) is 1. The van der Waals surface area contributed by atoms with Crippen LogP contribution in [0.4, 0.5) is 18.9 Å². The van der Waals surface area contributed by atoms with Crippen LogP contribution in [-0.4, -0.2) is 44.4 Å². The Morgan fingerprint density at radius 2 is 1.77 bits per heavy atom. The van der Waals surface area contributed by atoms with E-state index in [9.17, 15) is 13.2 Å². The zero-order valence-corrected chi connectivity index (χ0v) is 11.9. The third-order valence-corrected chi connectivity index (χ3v) is 3.51. The lowest BCUT2D eigenvalue weighted by molar-refractivity contribution is -0.137. The number of hydrogen-bond acceptors (Lipinski definition) is 4. The molecule has 1 N–H and O–H groups in total. The van der Waals surface area contributed by atoms with Gasteiger partial charge in [0.05, 0.1) is 12.2 Å². The van der Waals surface area contributed by atoms with Gasteiger partial charge in [0.1, 0.15) is 0 Å². The highest BCUT2D eigenvalue weighted by atomic mass is 19.4. The molecule has 0 aliphatic carbocycles. The van der Waals surface area contributed by atoms with Crippen LogP contribution in [0.25, 0.3) is 10.4 Å². The predicted molar refractivity (Wildman–Crippen MR) is 77.2 cm³/mol. The van der Waals surface area contributed by atoms with E-state index in [4.69, 9.17) is 5.53 Å². The predicted octanol–water partition coefficient (Wildman–Crippen LogP) is 2.64. The first kappa shape index (κ1) is 16.4. The van der Waals surface area contributed by atoms with Gasteiger partial charge in [0, 0.05) is 43.4 Å². The number of benzene rings is 1. The topological polar surface area (TPSA) is 67.3 Å². The van der Waals surface area contributed by atoms with E-state index in [1.807, 2.05) is 0 Å². The van der Waals surface area contributed by atoms with E-state index in [2.05, 4.69) is 25.1 Å². The molecule has 0 bridgehead atoms. The number of alkyl halides is 3. The summed E-state index contributed by atoms with van der Waals surface area (Å²) in [4.78, 5) is 6.87. The smallest absolute Gasteiger partial charge is 0.369 e. The van der Waals surface area contributed by atoms with E-state index < -0.39 is 11.7 Å². The van der Waals surface area contributed by atoms with Crippen molar-refractivity contribution in [3.63, 3.8) is 0 Å². The fraction of sp³-hybridized carbons (Fsp3) is 0.538. The second-order valence-corrected chi connectivity index (χ2v) is 4.95. The van der Waals surface area contributed by atoms with Gasteiger partial charge in [-0.1, -0.05) is 5.11 Å². The molecule has 0 amide bonds. The van der Waals surface area contributed by atoms with Gasteiger partial charge in [-0.3, -0.25) is 10.2 Å².